The number of nitrogens with one attached hydrogen (secondary N) is 1. The van der Waals surface area contributed by atoms with E-state index >= 15 is 0 Å². The van der Waals surface area contributed by atoms with E-state index in [9.17, 15) is 27.2 Å². The van der Waals surface area contributed by atoms with Gasteiger partial charge >= 0.3 is 6.61 Å². The molecule has 0 aliphatic carbocycles. The van der Waals surface area contributed by atoms with E-state index in [4.69, 9.17) is 0 Å². The standard InChI is InChI=1S/C25H20F4N4O3/c1-14-21(22(34)31-16-7-5-6-15(12-16)25(2,28)29)23(35)33(32-14)17-9-10-20(36-24(26)27)18(13-17)19-8-3-4-11-30-19/h3-13,21,24H,1-2H3,(H,31,34). The van der Waals surface area contributed by atoms with E-state index in [1.165, 1.54) is 49.5 Å². The average Bonchev–Trinajstić information content (AvgIpc) is 3.13. The number of carbonyl (C=O) groups excluding carboxylic acids is 2. The summed E-state index contributed by atoms with van der Waals surface area (Å²) in [4.78, 5) is 30.2. The lowest BCUT2D eigenvalue weighted by molar-refractivity contribution is -0.127. The number of rotatable bonds is 7. The second-order valence-electron chi connectivity index (χ2n) is 8.06. The third-order valence-corrected chi connectivity index (χ3v) is 5.40. The highest BCUT2D eigenvalue weighted by Crippen LogP contribution is 2.36. The van der Waals surface area contributed by atoms with Gasteiger partial charge in [0.1, 0.15) is 5.75 Å². The number of carbonyl (C=O) groups is 2. The Morgan fingerprint density at radius 2 is 1.89 bits per heavy atom. The van der Waals surface area contributed by atoms with Crippen molar-refractivity contribution in [2.75, 3.05) is 10.3 Å². The minimum atomic E-state index is -3.11. The Bertz CT molecular complexity index is 1330. The maximum Gasteiger partial charge on any atom is 0.387 e. The molecule has 0 radical (unpaired) electrons. The number of hydrogen-bond acceptors (Lipinski definition) is 5. The number of amides is 2. The van der Waals surface area contributed by atoms with Gasteiger partial charge in [0.25, 0.3) is 11.8 Å². The van der Waals surface area contributed by atoms with Gasteiger partial charge in [-0.25, -0.2) is 8.78 Å². The van der Waals surface area contributed by atoms with Crippen molar-refractivity contribution >= 4 is 28.9 Å². The molecule has 0 fully saturated rings. The van der Waals surface area contributed by atoms with Crippen molar-refractivity contribution in [1.29, 1.82) is 0 Å². The number of anilines is 2. The van der Waals surface area contributed by atoms with Crippen LogP contribution in [0.25, 0.3) is 11.3 Å². The fourth-order valence-corrected chi connectivity index (χ4v) is 3.71. The highest BCUT2D eigenvalue weighted by atomic mass is 19.3. The topological polar surface area (TPSA) is 83.9 Å². The van der Waals surface area contributed by atoms with Gasteiger partial charge in [-0.1, -0.05) is 18.2 Å². The molecule has 4 rings (SSSR count). The molecule has 1 aliphatic heterocycles. The third-order valence-electron chi connectivity index (χ3n) is 5.40. The summed E-state index contributed by atoms with van der Waals surface area (Å²) in [6.45, 7) is -0.863. The molecule has 186 valence electrons. The zero-order valence-corrected chi connectivity index (χ0v) is 19.1. The van der Waals surface area contributed by atoms with Crippen LogP contribution >= 0.6 is 0 Å². The first-order chi connectivity index (χ1) is 17.0. The summed E-state index contributed by atoms with van der Waals surface area (Å²) in [7, 11) is 0. The lowest BCUT2D eigenvalue weighted by atomic mass is 10.0. The molecule has 1 atom stereocenters. The molecule has 0 saturated heterocycles. The lowest BCUT2D eigenvalue weighted by Crippen LogP contribution is -2.36. The molecule has 1 unspecified atom stereocenters. The van der Waals surface area contributed by atoms with Crippen molar-refractivity contribution in [3.05, 3.63) is 72.4 Å². The quantitative estimate of drug-likeness (QED) is 0.346. The molecule has 0 saturated carbocycles. The van der Waals surface area contributed by atoms with Crippen LogP contribution in [0.2, 0.25) is 0 Å². The van der Waals surface area contributed by atoms with Crippen LogP contribution in [0.15, 0.2) is 72.0 Å². The van der Waals surface area contributed by atoms with Gasteiger partial charge in [-0.15, -0.1) is 0 Å². The van der Waals surface area contributed by atoms with Crippen LogP contribution in [0.4, 0.5) is 28.9 Å². The Morgan fingerprint density at radius 1 is 1.11 bits per heavy atom. The van der Waals surface area contributed by atoms with Crippen LogP contribution in [-0.4, -0.2) is 29.1 Å². The van der Waals surface area contributed by atoms with E-state index in [2.05, 4.69) is 20.1 Å². The minimum absolute atomic E-state index is 0.101. The molecule has 1 aromatic heterocycles. The second kappa shape index (κ2) is 9.76. The monoisotopic (exact) mass is 500 g/mol. The van der Waals surface area contributed by atoms with Gasteiger partial charge in [-0.3, -0.25) is 14.6 Å². The van der Waals surface area contributed by atoms with E-state index in [1.54, 1.807) is 18.2 Å². The average molecular weight is 500 g/mol. The van der Waals surface area contributed by atoms with E-state index in [0.29, 0.717) is 5.69 Å². The lowest BCUT2D eigenvalue weighted by Gasteiger charge is -2.17. The molecule has 3 aromatic rings. The van der Waals surface area contributed by atoms with Crippen LogP contribution in [0.5, 0.6) is 5.75 Å². The molecule has 2 amide bonds. The normalized spacial score (nSPS) is 15.8. The molecular weight excluding hydrogens is 480 g/mol. The van der Waals surface area contributed by atoms with Crippen molar-refractivity contribution in [1.82, 2.24) is 4.98 Å². The number of halogens is 4. The molecule has 11 heteroatoms. The van der Waals surface area contributed by atoms with E-state index in [1.807, 2.05) is 0 Å². The Hall–Kier alpha value is -4.28. The molecule has 1 aliphatic rings. The van der Waals surface area contributed by atoms with Crippen LogP contribution in [0.1, 0.15) is 19.4 Å². The van der Waals surface area contributed by atoms with Crippen molar-refractivity contribution in [3.8, 4) is 17.0 Å². The summed E-state index contributed by atoms with van der Waals surface area (Å²) in [5, 5.41) is 7.64. The molecule has 7 nitrogen and oxygen atoms in total. The summed E-state index contributed by atoms with van der Waals surface area (Å²) >= 11 is 0. The zero-order chi connectivity index (χ0) is 26.0. The number of pyridine rings is 1. The summed E-state index contributed by atoms with van der Waals surface area (Å²) in [6, 6.07) is 14.1. The molecule has 0 bridgehead atoms. The number of aromatic nitrogens is 1. The predicted octanol–water partition coefficient (Wildman–Crippen LogP) is 5.44. The highest BCUT2D eigenvalue weighted by molar-refractivity contribution is 6.28. The summed E-state index contributed by atoms with van der Waals surface area (Å²) in [6.07, 6.45) is 1.47. The first-order valence-electron chi connectivity index (χ1n) is 10.7. The molecule has 2 aromatic carbocycles. The number of hydrazone groups is 1. The van der Waals surface area contributed by atoms with Gasteiger partial charge in [-0.05, 0) is 49.4 Å². The second-order valence-corrected chi connectivity index (χ2v) is 8.06. The van der Waals surface area contributed by atoms with Gasteiger partial charge in [-0.2, -0.15) is 18.9 Å². The van der Waals surface area contributed by atoms with Crippen molar-refractivity contribution in [3.63, 3.8) is 0 Å². The highest BCUT2D eigenvalue weighted by Gasteiger charge is 2.40. The van der Waals surface area contributed by atoms with E-state index in [-0.39, 0.29) is 34.0 Å². The van der Waals surface area contributed by atoms with Gasteiger partial charge in [0.05, 0.1) is 17.1 Å². The smallest absolute Gasteiger partial charge is 0.387 e. The Labute approximate surface area is 203 Å². The first kappa shape index (κ1) is 24.8. The Morgan fingerprint density at radius 3 is 2.56 bits per heavy atom. The maximum absolute atomic E-state index is 13.6. The zero-order valence-electron chi connectivity index (χ0n) is 19.1. The summed E-state index contributed by atoms with van der Waals surface area (Å²) < 4.78 is 57.7. The molecule has 36 heavy (non-hydrogen) atoms. The molecule has 1 N–H and O–H groups in total. The maximum atomic E-state index is 13.6. The SMILES string of the molecule is CC1=NN(c2ccc(OC(F)F)c(-c3ccccn3)c2)C(=O)C1C(=O)Nc1cccc(C(C)(F)F)c1. The van der Waals surface area contributed by atoms with Gasteiger partial charge < -0.3 is 10.1 Å². The summed E-state index contributed by atoms with van der Waals surface area (Å²) in [5.74, 6) is -6.02. The van der Waals surface area contributed by atoms with Gasteiger partial charge in [0.15, 0.2) is 5.92 Å². The number of benzene rings is 2. The number of hydrogen-bond donors (Lipinski definition) is 1. The predicted molar refractivity (Wildman–Crippen MR) is 125 cm³/mol. The fraction of sp³-hybridized carbons (Fsp3) is 0.200. The number of nitrogens with zero attached hydrogens (tertiary/aromatic N) is 3. The number of ether oxygens (including phenoxy) is 1. The molecule has 0 spiro atoms. The van der Waals surface area contributed by atoms with Gasteiger partial charge in [0, 0.05) is 29.9 Å². The van der Waals surface area contributed by atoms with Gasteiger partial charge in [0.2, 0.25) is 5.91 Å². The first-order valence-corrected chi connectivity index (χ1v) is 10.7. The van der Waals surface area contributed by atoms with Crippen LogP contribution < -0.4 is 15.1 Å². The largest absolute Gasteiger partial charge is 0.434 e. The molecule has 2 heterocycles. The number of alkyl halides is 4. The minimum Gasteiger partial charge on any atom is -0.434 e. The van der Waals surface area contributed by atoms with Crippen molar-refractivity contribution in [2.45, 2.75) is 26.4 Å². The van der Waals surface area contributed by atoms with Crippen LogP contribution in [0, 0.1) is 5.92 Å². The third kappa shape index (κ3) is 5.19. The van der Waals surface area contributed by atoms with E-state index < -0.39 is 30.3 Å². The summed E-state index contributed by atoms with van der Waals surface area (Å²) in [5.41, 5.74) is 0.692. The van der Waals surface area contributed by atoms with E-state index in [0.717, 1.165) is 18.0 Å². The Kier molecular flexibility index (Phi) is 6.73. The van der Waals surface area contributed by atoms with Crippen molar-refractivity contribution in [2.24, 2.45) is 11.0 Å². The van der Waals surface area contributed by atoms with Crippen LogP contribution in [0.3, 0.4) is 0 Å². The van der Waals surface area contributed by atoms with Crippen molar-refractivity contribution < 1.29 is 31.9 Å². The van der Waals surface area contributed by atoms with Crippen LogP contribution in [-0.2, 0) is 15.5 Å². The fourth-order valence-electron chi connectivity index (χ4n) is 3.71. The Balaban J connectivity index is 1.60. The molecular formula is C25H20F4N4O3.